The van der Waals surface area contributed by atoms with E-state index in [9.17, 15) is 9.59 Å². The number of carboxylic acid groups (broad SMARTS) is 1. The van der Waals surface area contributed by atoms with E-state index >= 15 is 0 Å². The topological polar surface area (TPSA) is 66.4 Å². The molecule has 1 aliphatic carbocycles. The van der Waals surface area contributed by atoms with Gasteiger partial charge in [0.15, 0.2) is 0 Å². The standard InChI is InChI=1S/C10H17NO3/c1-7(6-9(12)13)11-10(14)8-4-2-3-5-8/h7-8H,2-6H2,1H3,(H,11,14)(H,12,13). The molecule has 1 unspecified atom stereocenters. The van der Waals surface area contributed by atoms with Crippen molar-refractivity contribution in [2.45, 2.75) is 45.1 Å². The van der Waals surface area contributed by atoms with E-state index in [0.29, 0.717) is 0 Å². The fourth-order valence-electron chi connectivity index (χ4n) is 1.86. The highest BCUT2D eigenvalue weighted by atomic mass is 16.4. The average Bonchev–Trinajstić information content (AvgIpc) is 2.53. The van der Waals surface area contributed by atoms with Gasteiger partial charge < -0.3 is 10.4 Å². The molecule has 4 nitrogen and oxygen atoms in total. The van der Waals surface area contributed by atoms with Crippen molar-refractivity contribution in [3.8, 4) is 0 Å². The van der Waals surface area contributed by atoms with Crippen molar-refractivity contribution in [3.63, 3.8) is 0 Å². The summed E-state index contributed by atoms with van der Waals surface area (Å²) in [5.41, 5.74) is 0. The number of carbonyl (C=O) groups excluding carboxylic acids is 1. The molecular formula is C10H17NO3. The number of amides is 1. The van der Waals surface area contributed by atoms with Gasteiger partial charge in [-0.1, -0.05) is 12.8 Å². The van der Waals surface area contributed by atoms with Crippen LogP contribution in [0.3, 0.4) is 0 Å². The van der Waals surface area contributed by atoms with Gasteiger partial charge in [-0.15, -0.1) is 0 Å². The first kappa shape index (κ1) is 11.0. The summed E-state index contributed by atoms with van der Waals surface area (Å²) < 4.78 is 0. The summed E-state index contributed by atoms with van der Waals surface area (Å²) in [5, 5.41) is 11.2. The zero-order valence-corrected chi connectivity index (χ0v) is 8.45. The van der Waals surface area contributed by atoms with E-state index in [4.69, 9.17) is 5.11 Å². The van der Waals surface area contributed by atoms with Gasteiger partial charge in [0.2, 0.25) is 5.91 Å². The highest BCUT2D eigenvalue weighted by molar-refractivity contribution is 5.79. The van der Waals surface area contributed by atoms with Gasteiger partial charge in [0.05, 0.1) is 6.42 Å². The van der Waals surface area contributed by atoms with Crippen LogP contribution in [0.5, 0.6) is 0 Å². The maximum absolute atomic E-state index is 11.5. The summed E-state index contributed by atoms with van der Waals surface area (Å²) in [4.78, 5) is 21.9. The number of nitrogens with one attached hydrogen (secondary N) is 1. The van der Waals surface area contributed by atoms with Crippen LogP contribution in [-0.2, 0) is 9.59 Å². The molecule has 1 fully saturated rings. The largest absolute Gasteiger partial charge is 0.481 e. The van der Waals surface area contributed by atoms with Crippen molar-refractivity contribution in [1.82, 2.24) is 5.32 Å². The Kier molecular flexibility index (Phi) is 3.92. The van der Waals surface area contributed by atoms with E-state index in [-0.39, 0.29) is 24.3 Å². The van der Waals surface area contributed by atoms with Crippen LogP contribution in [-0.4, -0.2) is 23.0 Å². The van der Waals surface area contributed by atoms with Crippen molar-refractivity contribution < 1.29 is 14.7 Å². The van der Waals surface area contributed by atoms with Gasteiger partial charge in [-0.2, -0.15) is 0 Å². The van der Waals surface area contributed by atoms with Crippen LogP contribution in [0, 0.1) is 5.92 Å². The smallest absolute Gasteiger partial charge is 0.305 e. The third-order valence-electron chi connectivity index (χ3n) is 2.60. The zero-order valence-electron chi connectivity index (χ0n) is 8.45. The Balaban J connectivity index is 2.28. The molecule has 80 valence electrons. The SMILES string of the molecule is CC(CC(=O)O)NC(=O)C1CCCC1. The van der Waals surface area contributed by atoms with Crippen LogP contribution < -0.4 is 5.32 Å². The molecule has 0 radical (unpaired) electrons. The molecular weight excluding hydrogens is 182 g/mol. The second kappa shape index (κ2) is 4.98. The zero-order chi connectivity index (χ0) is 10.6. The number of aliphatic carboxylic acids is 1. The van der Waals surface area contributed by atoms with Gasteiger partial charge in [-0.05, 0) is 19.8 Å². The van der Waals surface area contributed by atoms with E-state index in [1.165, 1.54) is 0 Å². The van der Waals surface area contributed by atoms with Crippen LogP contribution >= 0.6 is 0 Å². The Hall–Kier alpha value is -1.06. The number of rotatable bonds is 4. The lowest BCUT2D eigenvalue weighted by Gasteiger charge is -2.14. The van der Waals surface area contributed by atoms with E-state index < -0.39 is 5.97 Å². The molecule has 0 saturated heterocycles. The Morgan fingerprint density at radius 1 is 1.43 bits per heavy atom. The molecule has 0 aromatic rings. The average molecular weight is 199 g/mol. The quantitative estimate of drug-likeness (QED) is 0.714. The van der Waals surface area contributed by atoms with Crippen LogP contribution in [0.25, 0.3) is 0 Å². The van der Waals surface area contributed by atoms with Gasteiger partial charge in [0.25, 0.3) is 0 Å². The minimum absolute atomic E-state index is 0.00153. The van der Waals surface area contributed by atoms with Gasteiger partial charge in [-0.3, -0.25) is 9.59 Å². The summed E-state index contributed by atoms with van der Waals surface area (Å²) in [6, 6.07) is -0.263. The van der Waals surface area contributed by atoms with E-state index in [2.05, 4.69) is 5.32 Å². The Morgan fingerprint density at radius 3 is 2.50 bits per heavy atom. The maximum atomic E-state index is 11.5. The predicted octanol–water partition coefficient (Wildman–Crippen LogP) is 1.16. The summed E-state index contributed by atoms with van der Waals surface area (Å²) in [5.74, 6) is -0.730. The van der Waals surface area contributed by atoms with Crippen LogP contribution in [0.2, 0.25) is 0 Å². The second-order valence-corrected chi connectivity index (χ2v) is 3.99. The first-order chi connectivity index (χ1) is 6.59. The molecule has 0 aromatic carbocycles. The van der Waals surface area contributed by atoms with Crippen LogP contribution in [0.15, 0.2) is 0 Å². The number of hydrogen-bond acceptors (Lipinski definition) is 2. The Bertz CT molecular complexity index is 221. The second-order valence-electron chi connectivity index (χ2n) is 3.99. The minimum Gasteiger partial charge on any atom is -0.481 e. The van der Waals surface area contributed by atoms with Crippen molar-refractivity contribution >= 4 is 11.9 Å². The molecule has 0 aromatic heterocycles. The van der Waals surface area contributed by atoms with Crippen molar-refractivity contribution in [2.24, 2.45) is 5.92 Å². The van der Waals surface area contributed by atoms with Crippen molar-refractivity contribution in [2.75, 3.05) is 0 Å². The lowest BCUT2D eigenvalue weighted by molar-refractivity contribution is -0.137. The normalized spacial score (nSPS) is 19.2. The summed E-state index contributed by atoms with van der Waals surface area (Å²) >= 11 is 0. The first-order valence-electron chi connectivity index (χ1n) is 5.11. The number of carbonyl (C=O) groups is 2. The third-order valence-corrected chi connectivity index (χ3v) is 2.60. The molecule has 1 aliphatic rings. The third kappa shape index (κ3) is 3.36. The lowest BCUT2D eigenvalue weighted by Crippen LogP contribution is -2.37. The molecule has 2 N–H and O–H groups in total. The highest BCUT2D eigenvalue weighted by Gasteiger charge is 2.23. The summed E-state index contributed by atoms with van der Waals surface area (Å²) in [6.07, 6.45) is 4.13. The molecule has 1 atom stereocenters. The van der Waals surface area contributed by atoms with Gasteiger partial charge in [-0.25, -0.2) is 0 Å². The monoisotopic (exact) mass is 199 g/mol. The predicted molar refractivity (Wildman–Crippen MR) is 51.8 cm³/mol. The molecule has 14 heavy (non-hydrogen) atoms. The van der Waals surface area contributed by atoms with Crippen LogP contribution in [0.1, 0.15) is 39.0 Å². The molecule has 0 spiro atoms. The molecule has 0 bridgehead atoms. The molecule has 0 aliphatic heterocycles. The van der Waals surface area contributed by atoms with Gasteiger partial charge >= 0.3 is 5.97 Å². The van der Waals surface area contributed by atoms with E-state index in [1.807, 2.05) is 0 Å². The molecule has 1 rings (SSSR count). The van der Waals surface area contributed by atoms with Crippen molar-refractivity contribution in [1.29, 1.82) is 0 Å². The lowest BCUT2D eigenvalue weighted by atomic mass is 10.1. The van der Waals surface area contributed by atoms with E-state index in [0.717, 1.165) is 25.7 Å². The molecule has 1 saturated carbocycles. The first-order valence-corrected chi connectivity index (χ1v) is 5.11. The summed E-state index contributed by atoms with van der Waals surface area (Å²) in [7, 11) is 0. The van der Waals surface area contributed by atoms with Crippen molar-refractivity contribution in [3.05, 3.63) is 0 Å². The fourth-order valence-corrected chi connectivity index (χ4v) is 1.86. The van der Waals surface area contributed by atoms with Gasteiger partial charge in [0, 0.05) is 12.0 Å². The Morgan fingerprint density at radius 2 is 2.00 bits per heavy atom. The van der Waals surface area contributed by atoms with Gasteiger partial charge in [0.1, 0.15) is 0 Å². The Labute approximate surface area is 83.7 Å². The maximum Gasteiger partial charge on any atom is 0.305 e. The number of hydrogen-bond donors (Lipinski definition) is 2. The highest BCUT2D eigenvalue weighted by Crippen LogP contribution is 2.24. The minimum atomic E-state index is -0.871. The fraction of sp³-hybridized carbons (Fsp3) is 0.800. The molecule has 4 heteroatoms. The summed E-state index contributed by atoms with van der Waals surface area (Å²) in [6.45, 7) is 1.72. The number of carboxylic acids is 1. The van der Waals surface area contributed by atoms with Crippen LogP contribution in [0.4, 0.5) is 0 Å². The van der Waals surface area contributed by atoms with E-state index in [1.54, 1.807) is 6.92 Å². The molecule has 0 heterocycles. The molecule has 1 amide bonds.